The molecule has 0 saturated carbocycles. The summed E-state index contributed by atoms with van der Waals surface area (Å²) < 4.78 is 1.71. The van der Waals surface area contributed by atoms with E-state index in [4.69, 9.17) is 5.73 Å². The SMILES string of the molecule is C=CCn1c(N)nnc1SCC(=O)NCc1cccc(C)c1. The third kappa shape index (κ3) is 4.36. The van der Waals surface area contributed by atoms with Gasteiger partial charge < -0.3 is 11.1 Å². The first-order valence-electron chi connectivity index (χ1n) is 6.84. The van der Waals surface area contributed by atoms with Crippen LogP contribution in [0.15, 0.2) is 42.1 Å². The fourth-order valence-electron chi connectivity index (χ4n) is 1.91. The molecular weight excluding hydrogens is 298 g/mol. The molecule has 1 amide bonds. The smallest absolute Gasteiger partial charge is 0.230 e. The summed E-state index contributed by atoms with van der Waals surface area (Å²) in [4.78, 5) is 11.9. The molecular formula is C15H19N5OS. The zero-order valence-corrected chi connectivity index (χ0v) is 13.3. The van der Waals surface area contributed by atoms with Gasteiger partial charge in [-0.25, -0.2) is 0 Å². The minimum Gasteiger partial charge on any atom is -0.368 e. The van der Waals surface area contributed by atoms with Crippen LogP contribution in [0.3, 0.4) is 0 Å². The Morgan fingerprint density at radius 1 is 1.50 bits per heavy atom. The molecule has 1 aromatic carbocycles. The predicted molar refractivity (Wildman–Crippen MR) is 88.4 cm³/mol. The Morgan fingerprint density at radius 2 is 2.32 bits per heavy atom. The Hall–Kier alpha value is -2.28. The van der Waals surface area contributed by atoms with Gasteiger partial charge in [-0.3, -0.25) is 9.36 Å². The summed E-state index contributed by atoms with van der Waals surface area (Å²) in [6, 6.07) is 8.04. The lowest BCUT2D eigenvalue weighted by Gasteiger charge is -2.07. The number of amides is 1. The van der Waals surface area contributed by atoms with E-state index in [2.05, 4.69) is 28.2 Å². The van der Waals surface area contributed by atoms with Gasteiger partial charge in [0.2, 0.25) is 11.9 Å². The van der Waals surface area contributed by atoms with E-state index in [1.165, 1.54) is 17.3 Å². The molecule has 0 unspecified atom stereocenters. The normalized spacial score (nSPS) is 10.4. The second kappa shape index (κ2) is 7.65. The maximum Gasteiger partial charge on any atom is 0.230 e. The van der Waals surface area contributed by atoms with Crippen LogP contribution < -0.4 is 11.1 Å². The van der Waals surface area contributed by atoms with Crippen molar-refractivity contribution in [1.82, 2.24) is 20.1 Å². The van der Waals surface area contributed by atoms with E-state index in [1.54, 1.807) is 10.6 Å². The molecule has 2 aromatic rings. The van der Waals surface area contributed by atoms with E-state index in [9.17, 15) is 4.79 Å². The lowest BCUT2D eigenvalue weighted by Crippen LogP contribution is -2.24. The largest absolute Gasteiger partial charge is 0.368 e. The molecule has 0 fully saturated rings. The molecule has 0 atom stereocenters. The van der Waals surface area contributed by atoms with Gasteiger partial charge in [-0.1, -0.05) is 47.7 Å². The fourth-order valence-corrected chi connectivity index (χ4v) is 2.70. The molecule has 3 N–H and O–H groups in total. The lowest BCUT2D eigenvalue weighted by atomic mass is 10.1. The maximum atomic E-state index is 11.9. The van der Waals surface area contributed by atoms with Gasteiger partial charge in [0.25, 0.3) is 0 Å². The average molecular weight is 317 g/mol. The number of nitrogen functional groups attached to an aromatic ring is 1. The fraction of sp³-hybridized carbons (Fsp3) is 0.267. The van der Waals surface area contributed by atoms with Crippen LogP contribution in [-0.2, 0) is 17.9 Å². The zero-order chi connectivity index (χ0) is 15.9. The van der Waals surface area contributed by atoms with Gasteiger partial charge in [-0.15, -0.1) is 16.8 Å². The summed E-state index contributed by atoms with van der Waals surface area (Å²) in [5.41, 5.74) is 7.97. The highest BCUT2D eigenvalue weighted by molar-refractivity contribution is 7.99. The number of carbonyl (C=O) groups is 1. The van der Waals surface area contributed by atoms with Gasteiger partial charge in [-0.05, 0) is 12.5 Å². The van der Waals surface area contributed by atoms with Crippen molar-refractivity contribution in [3.8, 4) is 0 Å². The van der Waals surface area contributed by atoms with Crippen LogP contribution in [0.4, 0.5) is 5.95 Å². The number of nitrogens with zero attached hydrogens (tertiary/aromatic N) is 3. The van der Waals surface area contributed by atoms with Crippen LogP contribution in [0.2, 0.25) is 0 Å². The summed E-state index contributed by atoms with van der Waals surface area (Å²) in [6.45, 7) is 6.72. The van der Waals surface area contributed by atoms with Crippen molar-refractivity contribution in [3.63, 3.8) is 0 Å². The lowest BCUT2D eigenvalue weighted by molar-refractivity contribution is -0.118. The third-order valence-electron chi connectivity index (χ3n) is 2.96. The molecule has 1 heterocycles. The van der Waals surface area contributed by atoms with Gasteiger partial charge in [0, 0.05) is 13.1 Å². The molecule has 2 rings (SSSR count). The number of nitrogens with one attached hydrogen (secondary N) is 1. The van der Waals surface area contributed by atoms with E-state index < -0.39 is 0 Å². The Balaban J connectivity index is 1.84. The summed E-state index contributed by atoms with van der Waals surface area (Å²) in [7, 11) is 0. The molecule has 116 valence electrons. The molecule has 0 bridgehead atoms. The van der Waals surface area contributed by atoms with Crippen molar-refractivity contribution in [1.29, 1.82) is 0 Å². The van der Waals surface area contributed by atoms with Crippen molar-refractivity contribution in [3.05, 3.63) is 48.0 Å². The number of allylic oxidation sites excluding steroid dienone is 1. The van der Waals surface area contributed by atoms with Crippen LogP contribution >= 0.6 is 11.8 Å². The summed E-state index contributed by atoms with van der Waals surface area (Å²) in [5, 5.41) is 11.3. The molecule has 1 aromatic heterocycles. The Kier molecular flexibility index (Phi) is 5.60. The number of anilines is 1. The Labute approximate surface area is 133 Å². The highest BCUT2D eigenvalue weighted by Gasteiger charge is 2.11. The van der Waals surface area contributed by atoms with Crippen molar-refractivity contribution < 1.29 is 4.79 Å². The highest BCUT2D eigenvalue weighted by Crippen LogP contribution is 2.17. The van der Waals surface area contributed by atoms with Crippen LogP contribution in [0, 0.1) is 6.92 Å². The Morgan fingerprint density at radius 3 is 3.05 bits per heavy atom. The summed E-state index contributed by atoms with van der Waals surface area (Å²) in [5.74, 6) is 0.530. The molecule has 0 spiro atoms. The van der Waals surface area contributed by atoms with Crippen molar-refractivity contribution in [2.75, 3.05) is 11.5 Å². The van der Waals surface area contributed by atoms with E-state index >= 15 is 0 Å². The number of aryl methyl sites for hydroxylation is 1. The first-order chi connectivity index (χ1) is 10.6. The zero-order valence-electron chi connectivity index (χ0n) is 12.5. The van der Waals surface area contributed by atoms with E-state index in [-0.39, 0.29) is 11.7 Å². The number of hydrogen-bond donors (Lipinski definition) is 2. The Bertz CT molecular complexity index is 668. The van der Waals surface area contributed by atoms with Crippen LogP contribution in [0.5, 0.6) is 0 Å². The van der Waals surface area contributed by atoms with Gasteiger partial charge in [-0.2, -0.15) is 0 Å². The monoisotopic (exact) mass is 317 g/mol. The standard InChI is InChI=1S/C15H19N5OS/c1-3-7-20-14(16)18-19-15(20)22-10-13(21)17-9-12-6-4-5-11(2)8-12/h3-6,8H,1,7,9-10H2,2H3,(H2,16,18)(H,17,21). The molecule has 0 saturated heterocycles. The molecule has 0 aliphatic rings. The van der Waals surface area contributed by atoms with Crippen molar-refractivity contribution in [2.45, 2.75) is 25.2 Å². The van der Waals surface area contributed by atoms with E-state index in [1.807, 2.05) is 25.1 Å². The summed E-state index contributed by atoms with van der Waals surface area (Å²) >= 11 is 1.30. The van der Waals surface area contributed by atoms with Crippen LogP contribution in [0.1, 0.15) is 11.1 Å². The minimum atomic E-state index is -0.0572. The van der Waals surface area contributed by atoms with Crippen LogP contribution in [-0.4, -0.2) is 26.4 Å². The molecule has 0 radical (unpaired) electrons. The topological polar surface area (TPSA) is 85.8 Å². The number of carbonyl (C=O) groups excluding carboxylic acids is 1. The van der Waals surface area contributed by atoms with Gasteiger partial charge in [0.15, 0.2) is 5.16 Å². The second-order valence-electron chi connectivity index (χ2n) is 4.79. The molecule has 0 aliphatic carbocycles. The highest BCUT2D eigenvalue weighted by atomic mass is 32.2. The molecule has 7 heteroatoms. The average Bonchev–Trinajstić information content (AvgIpc) is 2.84. The number of hydrogen-bond acceptors (Lipinski definition) is 5. The van der Waals surface area contributed by atoms with Gasteiger partial charge in [0.05, 0.1) is 5.75 Å². The first-order valence-corrected chi connectivity index (χ1v) is 7.83. The number of nitrogens with two attached hydrogens (primary N) is 1. The van der Waals surface area contributed by atoms with Crippen molar-refractivity contribution in [2.24, 2.45) is 0 Å². The number of aromatic nitrogens is 3. The van der Waals surface area contributed by atoms with Gasteiger partial charge in [0.1, 0.15) is 0 Å². The van der Waals surface area contributed by atoms with E-state index in [0.29, 0.717) is 24.2 Å². The second-order valence-corrected chi connectivity index (χ2v) is 5.74. The molecule has 0 aliphatic heterocycles. The number of thioether (sulfide) groups is 1. The molecule has 22 heavy (non-hydrogen) atoms. The minimum absolute atomic E-state index is 0.0572. The maximum absolute atomic E-state index is 11.9. The molecule has 6 nitrogen and oxygen atoms in total. The van der Waals surface area contributed by atoms with E-state index in [0.717, 1.165) is 5.56 Å². The number of rotatable bonds is 7. The quantitative estimate of drug-likeness (QED) is 0.600. The summed E-state index contributed by atoms with van der Waals surface area (Å²) in [6.07, 6.45) is 1.71. The third-order valence-corrected chi connectivity index (χ3v) is 3.93. The van der Waals surface area contributed by atoms with Gasteiger partial charge >= 0.3 is 0 Å². The predicted octanol–water partition coefficient (Wildman–Crippen LogP) is 1.76. The van der Waals surface area contributed by atoms with Crippen LogP contribution in [0.25, 0.3) is 0 Å². The van der Waals surface area contributed by atoms with Crippen molar-refractivity contribution >= 4 is 23.6 Å². The first kappa shape index (κ1) is 16.1. The number of benzene rings is 1.